The van der Waals surface area contributed by atoms with Gasteiger partial charge in [-0.3, -0.25) is 4.79 Å². The number of piperazine rings is 1. The van der Waals surface area contributed by atoms with E-state index in [2.05, 4.69) is 0 Å². The number of benzene rings is 1. The van der Waals surface area contributed by atoms with Crippen LogP contribution in [0.5, 0.6) is 0 Å². The standard InChI is InChI=1S/C22H33N3O3S/c26-22(17-23-11-10-20-8-4-5-9-21(20)16-23)24-12-14-25(15-13-24)29(27,28)18-19-6-2-1-3-7-19/h1-3,6-7,20-21H,4-5,8-18H2/p+1/t20-,21-/m1/s1. The quantitative estimate of drug-likeness (QED) is 0.765. The molecule has 3 fully saturated rings. The molecular formula is C22H34N3O3S+. The molecule has 1 saturated carbocycles. The van der Waals surface area contributed by atoms with Crippen LogP contribution in [-0.2, 0) is 20.6 Å². The van der Waals surface area contributed by atoms with Gasteiger partial charge in [-0.2, -0.15) is 4.31 Å². The second kappa shape index (κ2) is 9.14. The first-order chi connectivity index (χ1) is 14.0. The van der Waals surface area contributed by atoms with Crippen LogP contribution in [0.2, 0.25) is 0 Å². The number of hydrogen-bond acceptors (Lipinski definition) is 3. The van der Waals surface area contributed by atoms with Crippen LogP contribution in [0.15, 0.2) is 30.3 Å². The van der Waals surface area contributed by atoms with Crippen molar-refractivity contribution in [3.63, 3.8) is 0 Å². The summed E-state index contributed by atoms with van der Waals surface area (Å²) in [5, 5.41) is 0. The van der Waals surface area contributed by atoms with Crippen molar-refractivity contribution in [2.24, 2.45) is 11.8 Å². The average molecular weight is 421 g/mol. The molecule has 2 aliphatic heterocycles. The number of sulfonamides is 1. The molecule has 2 heterocycles. The Kier molecular flexibility index (Phi) is 6.56. The number of hydrogen-bond donors (Lipinski definition) is 1. The lowest BCUT2D eigenvalue weighted by Gasteiger charge is -2.39. The van der Waals surface area contributed by atoms with E-state index < -0.39 is 10.0 Å². The molecule has 4 rings (SSSR count). The highest BCUT2D eigenvalue weighted by molar-refractivity contribution is 7.88. The summed E-state index contributed by atoms with van der Waals surface area (Å²) in [6.45, 7) is 4.64. The number of nitrogens with zero attached hydrogens (tertiary/aromatic N) is 2. The van der Waals surface area contributed by atoms with Gasteiger partial charge in [0.25, 0.3) is 5.91 Å². The van der Waals surface area contributed by atoms with Crippen molar-refractivity contribution in [1.82, 2.24) is 9.21 Å². The molecule has 0 radical (unpaired) electrons. The summed E-state index contributed by atoms with van der Waals surface area (Å²) in [7, 11) is -3.34. The van der Waals surface area contributed by atoms with E-state index in [1.807, 2.05) is 35.2 Å². The Morgan fingerprint density at radius 3 is 2.38 bits per heavy atom. The Labute approximate surface area is 174 Å². The van der Waals surface area contributed by atoms with E-state index in [4.69, 9.17) is 0 Å². The molecule has 7 heteroatoms. The van der Waals surface area contributed by atoms with E-state index in [0.29, 0.717) is 32.7 Å². The number of quaternary nitrogens is 1. The highest BCUT2D eigenvalue weighted by Gasteiger charge is 2.36. The Balaban J connectivity index is 1.25. The molecule has 1 aliphatic carbocycles. The van der Waals surface area contributed by atoms with Crippen LogP contribution in [0.1, 0.15) is 37.7 Å². The molecule has 1 unspecified atom stereocenters. The van der Waals surface area contributed by atoms with Crippen molar-refractivity contribution in [1.29, 1.82) is 0 Å². The van der Waals surface area contributed by atoms with Gasteiger partial charge in [0.15, 0.2) is 6.54 Å². The van der Waals surface area contributed by atoms with E-state index in [1.54, 1.807) is 4.31 Å². The van der Waals surface area contributed by atoms with Crippen LogP contribution in [0.3, 0.4) is 0 Å². The summed E-state index contributed by atoms with van der Waals surface area (Å²) in [4.78, 5) is 16.1. The maximum Gasteiger partial charge on any atom is 0.277 e. The van der Waals surface area contributed by atoms with Crippen LogP contribution >= 0.6 is 0 Å². The first-order valence-electron chi connectivity index (χ1n) is 11.1. The maximum absolute atomic E-state index is 12.8. The van der Waals surface area contributed by atoms with Crippen molar-refractivity contribution in [3.8, 4) is 0 Å². The Bertz CT molecular complexity index is 791. The third-order valence-corrected chi connectivity index (χ3v) is 8.91. The predicted octanol–water partition coefficient (Wildman–Crippen LogP) is 0.756. The third kappa shape index (κ3) is 5.19. The molecule has 0 aromatic heterocycles. The van der Waals surface area contributed by atoms with Crippen LogP contribution in [-0.4, -0.2) is 69.3 Å². The summed E-state index contributed by atoms with van der Waals surface area (Å²) < 4.78 is 26.9. The van der Waals surface area contributed by atoms with E-state index in [-0.39, 0.29) is 11.7 Å². The van der Waals surface area contributed by atoms with Crippen LogP contribution in [0, 0.1) is 11.8 Å². The fraction of sp³-hybridized carbons (Fsp3) is 0.682. The van der Waals surface area contributed by atoms with Gasteiger partial charge in [-0.25, -0.2) is 8.42 Å². The minimum atomic E-state index is -3.34. The van der Waals surface area contributed by atoms with Crippen LogP contribution < -0.4 is 4.90 Å². The fourth-order valence-corrected chi connectivity index (χ4v) is 6.89. The first kappa shape index (κ1) is 20.8. The van der Waals surface area contributed by atoms with Gasteiger partial charge in [0, 0.05) is 32.1 Å². The normalized spacial score (nSPS) is 28.7. The van der Waals surface area contributed by atoms with E-state index >= 15 is 0 Å². The largest absolute Gasteiger partial charge is 0.335 e. The number of likely N-dealkylation sites (tertiary alicyclic amines) is 1. The highest BCUT2D eigenvalue weighted by atomic mass is 32.2. The topological polar surface area (TPSA) is 62.1 Å². The SMILES string of the molecule is O=C(C[NH+]1CC[C@H]2CCCC[C@@H]2C1)N1CCN(S(=O)(=O)Cc2ccccc2)CC1. The Morgan fingerprint density at radius 2 is 1.66 bits per heavy atom. The van der Waals surface area contributed by atoms with Gasteiger partial charge >= 0.3 is 0 Å². The average Bonchev–Trinajstić information content (AvgIpc) is 2.74. The van der Waals surface area contributed by atoms with Crippen molar-refractivity contribution >= 4 is 15.9 Å². The molecule has 0 spiro atoms. The van der Waals surface area contributed by atoms with Crippen LogP contribution in [0.4, 0.5) is 0 Å². The number of rotatable bonds is 5. The lowest BCUT2D eigenvalue weighted by molar-refractivity contribution is -0.903. The summed E-state index contributed by atoms with van der Waals surface area (Å²) in [6, 6.07) is 9.30. The molecule has 1 aromatic rings. The molecule has 3 atom stereocenters. The van der Waals surface area contributed by atoms with Crippen molar-refractivity contribution in [2.75, 3.05) is 45.8 Å². The first-order valence-corrected chi connectivity index (χ1v) is 12.8. The van der Waals surface area contributed by atoms with Gasteiger partial charge in [0.05, 0.1) is 18.8 Å². The molecule has 3 aliphatic rings. The van der Waals surface area contributed by atoms with Gasteiger partial charge in [-0.1, -0.05) is 43.2 Å². The molecule has 160 valence electrons. The molecule has 29 heavy (non-hydrogen) atoms. The zero-order valence-electron chi connectivity index (χ0n) is 17.3. The predicted molar refractivity (Wildman–Crippen MR) is 113 cm³/mol. The second-order valence-corrected chi connectivity index (χ2v) is 11.0. The second-order valence-electron chi connectivity index (χ2n) is 9.00. The van der Waals surface area contributed by atoms with E-state index in [1.165, 1.54) is 37.0 Å². The maximum atomic E-state index is 12.8. The molecule has 1 N–H and O–H groups in total. The Morgan fingerprint density at radius 1 is 0.966 bits per heavy atom. The van der Waals surface area contributed by atoms with Crippen LogP contribution in [0.25, 0.3) is 0 Å². The fourth-order valence-electron chi connectivity index (χ4n) is 5.37. The summed E-state index contributed by atoms with van der Waals surface area (Å²) in [5.41, 5.74) is 0.806. The minimum Gasteiger partial charge on any atom is -0.335 e. The highest BCUT2D eigenvalue weighted by Crippen LogP contribution is 2.32. The number of fused-ring (bicyclic) bond motifs is 1. The zero-order valence-corrected chi connectivity index (χ0v) is 18.1. The number of piperidine rings is 1. The summed E-state index contributed by atoms with van der Waals surface area (Å²) in [6.07, 6.45) is 6.71. The van der Waals surface area contributed by atoms with Gasteiger partial charge < -0.3 is 9.80 Å². The number of carbonyl (C=O) groups is 1. The van der Waals surface area contributed by atoms with Gasteiger partial charge in [0.2, 0.25) is 10.0 Å². The van der Waals surface area contributed by atoms with Crippen molar-refractivity contribution in [2.45, 2.75) is 37.9 Å². The lowest BCUT2D eigenvalue weighted by Crippen LogP contribution is -3.15. The van der Waals surface area contributed by atoms with Gasteiger partial charge in [-0.15, -0.1) is 0 Å². The number of nitrogens with one attached hydrogen (secondary N) is 1. The van der Waals surface area contributed by atoms with E-state index in [9.17, 15) is 13.2 Å². The minimum absolute atomic E-state index is 0.0300. The van der Waals surface area contributed by atoms with E-state index in [0.717, 1.165) is 30.5 Å². The molecular weight excluding hydrogens is 386 g/mol. The molecule has 1 amide bonds. The molecule has 6 nitrogen and oxygen atoms in total. The monoisotopic (exact) mass is 420 g/mol. The summed E-state index contributed by atoms with van der Waals surface area (Å²) in [5.74, 6) is 1.91. The summed E-state index contributed by atoms with van der Waals surface area (Å²) >= 11 is 0. The molecule has 2 saturated heterocycles. The zero-order chi connectivity index (χ0) is 20.3. The third-order valence-electron chi connectivity index (χ3n) is 7.06. The van der Waals surface area contributed by atoms with Crippen molar-refractivity contribution in [3.05, 3.63) is 35.9 Å². The smallest absolute Gasteiger partial charge is 0.277 e. The van der Waals surface area contributed by atoms with Gasteiger partial charge in [-0.05, 0) is 30.7 Å². The number of amides is 1. The lowest BCUT2D eigenvalue weighted by atomic mass is 9.75. The Hall–Kier alpha value is -1.44. The van der Waals surface area contributed by atoms with Gasteiger partial charge in [0.1, 0.15) is 0 Å². The molecule has 0 bridgehead atoms. The molecule has 1 aromatic carbocycles. The number of carbonyl (C=O) groups excluding carboxylic acids is 1. The van der Waals surface area contributed by atoms with Crippen molar-refractivity contribution < 1.29 is 18.1 Å².